The zero-order chi connectivity index (χ0) is 30.5. The Morgan fingerprint density at radius 3 is 1.95 bits per heavy atom. The molecule has 0 radical (unpaired) electrons. The maximum absolute atomic E-state index is 12.1. The summed E-state index contributed by atoms with van der Waals surface area (Å²) in [6, 6.07) is 15.6. The van der Waals surface area contributed by atoms with Gasteiger partial charge in [0, 0.05) is 52.4 Å². The number of carbonyl (C=O) groups excluding carboxylic acids is 2. The van der Waals surface area contributed by atoms with Gasteiger partial charge in [0.1, 0.15) is 11.4 Å². The highest BCUT2D eigenvalue weighted by molar-refractivity contribution is 5.95. The number of rotatable bonds is 8. The summed E-state index contributed by atoms with van der Waals surface area (Å²) < 4.78 is 15.7. The minimum atomic E-state index is -0.494. The predicted octanol–water partition coefficient (Wildman–Crippen LogP) is 4.09. The van der Waals surface area contributed by atoms with Crippen molar-refractivity contribution in [3.05, 3.63) is 54.1 Å². The second kappa shape index (κ2) is 16.2. The van der Waals surface area contributed by atoms with Gasteiger partial charge in [-0.25, -0.2) is 9.59 Å². The number of methoxy groups -OCH3 is 2. The summed E-state index contributed by atoms with van der Waals surface area (Å²) in [5.41, 5.74) is 7.63. The van der Waals surface area contributed by atoms with E-state index in [1.54, 1.807) is 18.1 Å². The van der Waals surface area contributed by atoms with Crippen molar-refractivity contribution < 1.29 is 23.8 Å². The number of anilines is 2. The maximum atomic E-state index is 12.1. The van der Waals surface area contributed by atoms with E-state index in [1.165, 1.54) is 25.8 Å². The molecule has 2 saturated heterocycles. The molecule has 2 heterocycles. The van der Waals surface area contributed by atoms with Gasteiger partial charge in [-0.15, -0.1) is 0 Å². The highest BCUT2D eigenvalue weighted by Gasteiger charge is 2.27. The number of carbonyl (C=O) groups is 2. The molecular weight excluding hydrogens is 534 g/mol. The van der Waals surface area contributed by atoms with Crippen molar-refractivity contribution in [1.82, 2.24) is 9.80 Å². The molecule has 0 atom stereocenters. The first kappa shape index (κ1) is 33.0. The quantitative estimate of drug-likeness (QED) is 0.364. The smallest absolute Gasteiger partial charge is 0.410 e. The Morgan fingerprint density at radius 1 is 0.786 bits per heavy atom. The predicted molar refractivity (Wildman–Crippen MR) is 168 cm³/mol. The summed E-state index contributed by atoms with van der Waals surface area (Å²) in [6.07, 6.45) is 2.05. The van der Waals surface area contributed by atoms with Crippen LogP contribution in [0.5, 0.6) is 5.75 Å². The van der Waals surface area contributed by atoms with Crippen LogP contribution in [0.15, 0.2) is 48.5 Å². The summed E-state index contributed by atoms with van der Waals surface area (Å²) in [4.78, 5) is 32.7. The van der Waals surface area contributed by atoms with Crippen LogP contribution in [0, 0.1) is 0 Å². The van der Waals surface area contributed by atoms with Crippen LogP contribution in [-0.2, 0) is 9.47 Å². The van der Waals surface area contributed by atoms with Crippen LogP contribution in [0.1, 0.15) is 44.0 Å². The topological polar surface area (TPSA) is 101 Å². The number of benzene rings is 2. The number of ether oxygens (including phenoxy) is 3. The third-order valence-corrected chi connectivity index (χ3v) is 7.31. The van der Waals surface area contributed by atoms with Crippen LogP contribution in [0.2, 0.25) is 0 Å². The number of nitrogens with zero attached hydrogens (tertiary/aromatic N) is 4. The van der Waals surface area contributed by atoms with Crippen molar-refractivity contribution >= 4 is 23.4 Å². The third kappa shape index (κ3) is 9.80. The van der Waals surface area contributed by atoms with E-state index in [0.717, 1.165) is 50.6 Å². The molecule has 4 rings (SSSR count). The Bertz CT molecular complexity index is 1120. The zero-order valence-corrected chi connectivity index (χ0v) is 26.0. The van der Waals surface area contributed by atoms with Gasteiger partial charge in [-0.3, -0.25) is 4.90 Å². The van der Waals surface area contributed by atoms with Crippen LogP contribution in [0.4, 0.5) is 16.2 Å². The normalized spacial score (nSPS) is 15.9. The van der Waals surface area contributed by atoms with Crippen LogP contribution in [0.3, 0.4) is 0 Å². The molecule has 10 nitrogen and oxygen atoms in total. The maximum Gasteiger partial charge on any atom is 0.410 e. The largest absolute Gasteiger partial charge is 0.495 e. The highest BCUT2D eigenvalue weighted by atomic mass is 16.6. The molecule has 0 bridgehead atoms. The number of nitrogens with two attached hydrogens (primary N) is 1. The average molecular weight is 584 g/mol. The van der Waals surface area contributed by atoms with Crippen molar-refractivity contribution in [2.45, 2.75) is 39.2 Å². The lowest BCUT2D eigenvalue weighted by atomic mass is 10.1. The van der Waals surface area contributed by atoms with Crippen LogP contribution in [0.25, 0.3) is 0 Å². The molecule has 10 heteroatoms. The molecule has 2 aromatic rings. The van der Waals surface area contributed by atoms with Crippen molar-refractivity contribution in [2.75, 3.05) is 89.5 Å². The van der Waals surface area contributed by atoms with Gasteiger partial charge in [-0.05, 0) is 71.0 Å². The van der Waals surface area contributed by atoms with Gasteiger partial charge in [-0.1, -0.05) is 24.3 Å². The van der Waals surface area contributed by atoms with Gasteiger partial charge in [-0.2, -0.15) is 0 Å². The molecule has 42 heavy (non-hydrogen) atoms. The average Bonchev–Trinajstić information content (AvgIpc) is 3.00. The summed E-state index contributed by atoms with van der Waals surface area (Å²) in [5, 5.41) is 0. The molecule has 2 aliphatic heterocycles. The number of hydrogen-bond donors (Lipinski definition) is 1. The lowest BCUT2D eigenvalue weighted by Crippen LogP contribution is -2.50. The van der Waals surface area contributed by atoms with Crippen LogP contribution in [-0.4, -0.2) is 107 Å². The van der Waals surface area contributed by atoms with E-state index in [9.17, 15) is 9.59 Å². The second-order valence-electron chi connectivity index (χ2n) is 11.5. The van der Waals surface area contributed by atoms with E-state index < -0.39 is 5.60 Å². The standard InChI is InChI=1S/C17H24N2O4.C15H25N3O/c1-17(2,3)23-16(21)19-11-9-18(10-12-19)14-8-6-5-7-13(14)15(20)22-4;1-19-15-7-3-2-6-14(15)18-12-10-17(11-13-18)9-5-4-8-16/h5-8H,9-12H2,1-4H3;2-3,6-7H,4-5,8-13,16H2,1H3. The Morgan fingerprint density at radius 2 is 1.36 bits per heavy atom. The van der Waals surface area contributed by atoms with Crippen LogP contribution >= 0.6 is 0 Å². The Balaban J connectivity index is 0.000000235. The fourth-order valence-electron chi connectivity index (χ4n) is 5.07. The van der Waals surface area contributed by atoms with Crippen molar-refractivity contribution in [3.8, 4) is 5.75 Å². The van der Waals surface area contributed by atoms with Gasteiger partial charge in [0.2, 0.25) is 0 Å². The van der Waals surface area contributed by atoms with Crippen molar-refractivity contribution in [2.24, 2.45) is 5.73 Å². The molecular formula is C32H49N5O5. The molecule has 2 aromatic carbocycles. The van der Waals surface area contributed by atoms with E-state index in [-0.39, 0.29) is 12.1 Å². The fraction of sp³-hybridized carbons (Fsp3) is 0.562. The van der Waals surface area contributed by atoms with Crippen molar-refractivity contribution in [3.63, 3.8) is 0 Å². The minimum absolute atomic E-state index is 0.293. The molecule has 1 amide bonds. The molecule has 0 unspecified atom stereocenters. The monoisotopic (exact) mass is 583 g/mol. The SMILES string of the molecule is COC(=O)c1ccccc1N1CCN(C(=O)OC(C)(C)C)CC1.COc1ccccc1N1CCN(CCCCN)CC1. The molecule has 2 aliphatic rings. The molecule has 0 spiro atoms. The Kier molecular flexibility index (Phi) is 12.7. The lowest BCUT2D eigenvalue weighted by Gasteiger charge is -2.37. The van der Waals surface area contributed by atoms with Gasteiger partial charge < -0.3 is 34.6 Å². The van der Waals surface area contributed by atoms with Gasteiger partial charge in [0.25, 0.3) is 0 Å². The first-order valence-electron chi connectivity index (χ1n) is 14.9. The molecule has 0 saturated carbocycles. The second-order valence-corrected chi connectivity index (χ2v) is 11.5. The Hall–Kier alpha value is -3.50. The highest BCUT2D eigenvalue weighted by Crippen LogP contribution is 2.28. The molecule has 2 fully saturated rings. The molecule has 0 aliphatic carbocycles. The number of piperazine rings is 2. The van der Waals surface area contributed by atoms with Gasteiger partial charge in [0.15, 0.2) is 0 Å². The molecule has 2 N–H and O–H groups in total. The van der Waals surface area contributed by atoms with E-state index in [4.69, 9.17) is 19.9 Å². The first-order valence-corrected chi connectivity index (χ1v) is 14.9. The lowest BCUT2D eigenvalue weighted by molar-refractivity contribution is 0.0240. The van der Waals surface area contributed by atoms with E-state index in [2.05, 4.69) is 26.8 Å². The van der Waals surface area contributed by atoms with Crippen LogP contribution < -0.4 is 20.3 Å². The summed E-state index contributed by atoms with van der Waals surface area (Å²) in [7, 11) is 3.11. The summed E-state index contributed by atoms with van der Waals surface area (Å²) in [5.74, 6) is 0.620. The van der Waals surface area contributed by atoms with E-state index in [1.807, 2.05) is 51.1 Å². The number of amides is 1. The van der Waals surface area contributed by atoms with E-state index in [0.29, 0.717) is 31.7 Å². The minimum Gasteiger partial charge on any atom is -0.495 e. The molecule has 0 aromatic heterocycles. The van der Waals surface area contributed by atoms with Crippen molar-refractivity contribution in [1.29, 1.82) is 0 Å². The third-order valence-electron chi connectivity index (χ3n) is 7.31. The number of hydrogen-bond acceptors (Lipinski definition) is 9. The summed E-state index contributed by atoms with van der Waals surface area (Å²) in [6.45, 7) is 14.4. The zero-order valence-electron chi connectivity index (χ0n) is 26.0. The summed E-state index contributed by atoms with van der Waals surface area (Å²) >= 11 is 0. The van der Waals surface area contributed by atoms with E-state index >= 15 is 0 Å². The number of para-hydroxylation sites is 3. The first-order chi connectivity index (χ1) is 20.2. The number of unbranched alkanes of at least 4 members (excludes halogenated alkanes) is 1. The van der Waals surface area contributed by atoms with Gasteiger partial charge >= 0.3 is 12.1 Å². The van der Waals surface area contributed by atoms with Gasteiger partial charge in [0.05, 0.1) is 31.2 Å². The number of esters is 1. The Labute approximate surface area is 251 Å². The fourth-order valence-corrected chi connectivity index (χ4v) is 5.07. The molecule has 232 valence electrons.